The number of rotatable bonds is 12. The number of hydrogen-bond acceptors (Lipinski definition) is 7. The van der Waals surface area contributed by atoms with E-state index in [9.17, 15) is 19.5 Å². The molecule has 1 aliphatic rings. The second-order valence-corrected chi connectivity index (χ2v) is 10.6. The second kappa shape index (κ2) is 13.4. The van der Waals surface area contributed by atoms with E-state index < -0.39 is 30.0 Å². The fraction of sp³-hybridized carbons (Fsp3) is 0.625. The summed E-state index contributed by atoms with van der Waals surface area (Å²) in [6.07, 6.45) is 2.55. The number of aliphatic carboxylic acids is 1. The molecule has 0 fully saturated rings. The van der Waals surface area contributed by atoms with Crippen molar-refractivity contribution >= 4 is 42.2 Å². The first-order valence-electron chi connectivity index (χ1n) is 11.6. The van der Waals surface area contributed by atoms with Crippen LogP contribution < -0.4 is 11.1 Å². The Labute approximate surface area is 212 Å². The number of thiol groups is 1. The number of fused-ring (bicyclic) bond motifs is 1. The first-order chi connectivity index (χ1) is 16.1. The van der Waals surface area contributed by atoms with Gasteiger partial charge in [0.05, 0.1) is 6.04 Å². The summed E-state index contributed by atoms with van der Waals surface area (Å²) in [5.74, 6) is -0.573. The van der Waals surface area contributed by atoms with Crippen LogP contribution in [0.2, 0.25) is 0 Å². The number of carbonyl (C=O) groups is 3. The molecule has 0 radical (unpaired) electrons. The normalized spacial score (nSPS) is 18.4. The number of carboxylic acid groups (broad SMARTS) is 1. The lowest BCUT2D eigenvalue weighted by molar-refractivity contribution is -0.148. The van der Waals surface area contributed by atoms with Crippen LogP contribution in [0.25, 0.3) is 0 Å². The van der Waals surface area contributed by atoms with Crippen molar-refractivity contribution in [3.05, 3.63) is 35.4 Å². The van der Waals surface area contributed by atoms with Crippen LogP contribution >= 0.6 is 24.4 Å². The zero-order valence-electron chi connectivity index (χ0n) is 20.4. The molecule has 0 bridgehead atoms. The van der Waals surface area contributed by atoms with E-state index in [1.165, 1.54) is 11.8 Å². The van der Waals surface area contributed by atoms with E-state index >= 15 is 0 Å². The lowest BCUT2D eigenvalue weighted by atomic mass is 9.91. The van der Waals surface area contributed by atoms with Gasteiger partial charge in [-0.2, -0.15) is 24.4 Å². The van der Waals surface area contributed by atoms with E-state index in [4.69, 9.17) is 5.73 Å². The summed E-state index contributed by atoms with van der Waals surface area (Å²) in [4.78, 5) is 42.5. The van der Waals surface area contributed by atoms with Crippen LogP contribution in [0, 0.1) is 5.92 Å². The van der Waals surface area contributed by atoms with Crippen molar-refractivity contribution < 1.29 is 19.5 Å². The summed E-state index contributed by atoms with van der Waals surface area (Å²) >= 11 is 5.78. The zero-order valence-corrected chi connectivity index (χ0v) is 22.1. The summed E-state index contributed by atoms with van der Waals surface area (Å²) in [6, 6.07) is 5.31. The highest BCUT2D eigenvalue weighted by Gasteiger charge is 2.40. The number of benzene rings is 1. The third-order valence-electron chi connectivity index (χ3n) is 6.18. The lowest BCUT2D eigenvalue weighted by Crippen LogP contribution is -2.60. The molecule has 1 aliphatic heterocycles. The highest BCUT2D eigenvalue weighted by atomic mass is 32.2. The summed E-state index contributed by atoms with van der Waals surface area (Å²) in [5, 5.41) is 12.3. The van der Waals surface area contributed by atoms with Crippen LogP contribution in [0.4, 0.5) is 0 Å². The zero-order chi connectivity index (χ0) is 25.4. The van der Waals surface area contributed by atoms with Gasteiger partial charge in [-0.3, -0.25) is 14.5 Å². The van der Waals surface area contributed by atoms with Gasteiger partial charge in [-0.05, 0) is 42.5 Å². The third kappa shape index (κ3) is 7.37. The fourth-order valence-electron chi connectivity index (χ4n) is 4.44. The molecule has 1 aromatic rings. The minimum atomic E-state index is -1.07. The highest BCUT2D eigenvalue weighted by molar-refractivity contribution is 7.98. The van der Waals surface area contributed by atoms with E-state index in [1.807, 2.05) is 56.3 Å². The molecule has 2 amide bonds. The number of nitrogens with two attached hydrogens (primary N) is 1. The Morgan fingerprint density at radius 3 is 2.50 bits per heavy atom. The molecule has 2 rings (SSSR count). The molecular formula is C24H38N4O4S2. The van der Waals surface area contributed by atoms with Gasteiger partial charge in [0.1, 0.15) is 12.1 Å². The van der Waals surface area contributed by atoms with Crippen molar-refractivity contribution in [1.82, 2.24) is 15.1 Å². The molecule has 1 heterocycles. The van der Waals surface area contributed by atoms with E-state index in [-0.39, 0.29) is 17.9 Å². The maximum Gasteiger partial charge on any atom is 0.326 e. The molecule has 8 nitrogen and oxygen atoms in total. The predicted molar refractivity (Wildman–Crippen MR) is 140 cm³/mol. The van der Waals surface area contributed by atoms with Crippen molar-refractivity contribution in [1.29, 1.82) is 0 Å². The Balaban J connectivity index is 2.35. The number of carbonyl (C=O) groups excluding carboxylic acids is 2. The van der Waals surface area contributed by atoms with Crippen molar-refractivity contribution in [2.75, 3.05) is 31.4 Å². The molecule has 0 unspecified atom stereocenters. The van der Waals surface area contributed by atoms with Crippen molar-refractivity contribution in [2.45, 2.75) is 57.4 Å². The molecule has 190 valence electrons. The van der Waals surface area contributed by atoms with Gasteiger partial charge in [0, 0.05) is 31.3 Å². The smallest absolute Gasteiger partial charge is 0.326 e. The number of amides is 2. The minimum absolute atomic E-state index is 0.0150. The number of hydrogen-bond donors (Lipinski definition) is 4. The molecule has 4 N–H and O–H groups in total. The molecule has 0 saturated heterocycles. The molecule has 4 atom stereocenters. The molecule has 34 heavy (non-hydrogen) atoms. The number of nitrogens with zero attached hydrogens (tertiary/aromatic N) is 2. The Morgan fingerprint density at radius 2 is 1.94 bits per heavy atom. The lowest BCUT2D eigenvalue weighted by Gasteiger charge is -2.41. The van der Waals surface area contributed by atoms with E-state index in [0.717, 1.165) is 11.1 Å². The maximum absolute atomic E-state index is 13.9. The van der Waals surface area contributed by atoms with Gasteiger partial charge in [0.25, 0.3) is 0 Å². The van der Waals surface area contributed by atoms with Gasteiger partial charge in [0.2, 0.25) is 11.8 Å². The first-order valence-corrected chi connectivity index (χ1v) is 13.6. The summed E-state index contributed by atoms with van der Waals surface area (Å²) in [5.41, 5.74) is 8.08. The Bertz CT molecular complexity index is 854. The monoisotopic (exact) mass is 510 g/mol. The van der Waals surface area contributed by atoms with Gasteiger partial charge in [0.15, 0.2) is 0 Å². The van der Waals surface area contributed by atoms with Gasteiger partial charge < -0.3 is 21.1 Å². The molecule has 1 aromatic carbocycles. The van der Waals surface area contributed by atoms with Crippen molar-refractivity contribution in [3.63, 3.8) is 0 Å². The highest BCUT2D eigenvalue weighted by Crippen LogP contribution is 2.26. The molecular weight excluding hydrogens is 472 g/mol. The number of thioether (sulfide) groups is 1. The maximum atomic E-state index is 13.9. The summed E-state index contributed by atoms with van der Waals surface area (Å²) in [7, 11) is 1.86. The van der Waals surface area contributed by atoms with Gasteiger partial charge in [-0.25, -0.2) is 4.79 Å². The first kappa shape index (κ1) is 28.5. The molecule has 0 aliphatic carbocycles. The fourth-order valence-corrected chi connectivity index (χ4v) is 5.03. The van der Waals surface area contributed by atoms with Crippen LogP contribution in [0.3, 0.4) is 0 Å². The van der Waals surface area contributed by atoms with Crippen LogP contribution in [0.5, 0.6) is 0 Å². The van der Waals surface area contributed by atoms with Crippen molar-refractivity contribution in [3.8, 4) is 0 Å². The van der Waals surface area contributed by atoms with Crippen LogP contribution in [-0.4, -0.2) is 88.2 Å². The van der Waals surface area contributed by atoms with Gasteiger partial charge in [-0.1, -0.05) is 38.1 Å². The Hall–Kier alpha value is -1.75. The third-order valence-corrected chi connectivity index (χ3v) is 7.29. The summed E-state index contributed by atoms with van der Waals surface area (Å²) in [6.45, 7) is 4.74. The average Bonchev–Trinajstić information content (AvgIpc) is 2.80. The molecule has 0 saturated carbocycles. The van der Waals surface area contributed by atoms with Crippen LogP contribution in [0.1, 0.15) is 31.4 Å². The predicted octanol–water partition coefficient (Wildman–Crippen LogP) is 1.48. The number of nitrogens with one attached hydrogen (secondary N) is 1. The van der Waals surface area contributed by atoms with E-state index in [0.29, 0.717) is 37.4 Å². The number of carboxylic acids is 1. The second-order valence-electron chi connectivity index (χ2n) is 9.21. The SMILES string of the molecule is CSCC[C@H](NC(=O)[C@H]1Cc2ccccc2CN1C(=O)[C@H](C(C)C)N(C)C[C@H](N)CS)C(=O)O. The minimum Gasteiger partial charge on any atom is -0.480 e. The van der Waals surface area contributed by atoms with E-state index in [1.54, 1.807) is 4.90 Å². The quantitative estimate of drug-likeness (QED) is 0.315. The Morgan fingerprint density at radius 1 is 1.29 bits per heavy atom. The Kier molecular flexibility index (Phi) is 11.2. The largest absolute Gasteiger partial charge is 0.480 e. The molecule has 0 aromatic heterocycles. The summed E-state index contributed by atoms with van der Waals surface area (Å²) < 4.78 is 0. The van der Waals surface area contributed by atoms with E-state index in [2.05, 4.69) is 17.9 Å². The van der Waals surface area contributed by atoms with Gasteiger partial charge >= 0.3 is 5.97 Å². The molecule has 10 heteroatoms. The van der Waals surface area contributed by atoms with Crippen LogP contribution in [-0.2, 0) is 27.3 Å². The van der Waals surface area contributed by atoms with Crippen molar-refractivity contribution in [2.24, 2.45) is 11.7 Å². The standard InChI is InChI=1S/C24H38N4O4S2/c1-15(2)21(27(3)13-18(25)14-33)23(30)28-12-17-8-6-5-7-16(17)11-20(28)22(29)26-19(24(31)32)9-10-34-4/h5-8,15,18-21,33H,9-14,25H2,1-4H3,(H,26,29)(H,31,32)/t18-,19-,20+,21-/m0/s1. The average molecular weight is 511 g/mol. The van der Waals surface area contributed by atoms with Crippen LogP contribution in [0.15, 0.2) is 24.3 Å². The van der Waals surface area contributed by atoms with Gasteiger partial charge in [-0.15, -0.1) is 0 Å². The molecule has 0 spiro atoms. The number of likely N-dealkylation sites (N-methyl/N-ethyl adjacent to an activating group) is 1. The topological polar surface area (TPSA) is 116 Å².